The molecule has 3 aromatic rings. The standard InChI is InChI=1S/C18H15NO3S2/c1-11-5-7-13(8-6-11)16(20)12(2)22-18(21)14-10-24-17(19-14)15-4-3-9-23-15/h3-10,12H,1-2H3/t12-/m1/s1. The third-order valence-electron chi connectivity index (χ3n) is 3.43. The smallest absolute Gasteiger partial charge is 0.358 e. The molecule has 0 aliphatic carbocycles. The van der Waals surface area contributed by atoms with Crippen molar-refractivity contribution in [2.45, 2.75) is 20.0 Å². The average Bonchev–Trinajstić information content (AvgIpc) is 3.26. The maximum Gasteiger partial charge on any atom is 0.358 e. The van der Waals surface area contributed by atoms with E-state index in [9.17, 15) is 9.59 Å². The van der Waals surface area contributed by atoms with Crippen LogP contribution in [0.5, 0.6) is 0 Å². The van der Waals surface area contributed by atoms with Gasteiger partial charge in [0.15, 0.2) is 11.8 Å². The van der Waals surface area contributed by atoms with Crippen LogP contribution in [0.3, 0.4) is 0 Å². The zero-order chi connectivity index (χ0) is 17.1. The van der Waals surface area contributed by atoms with Crippen LogP contribution in [0.25, 0.3) is 9.88 Å². The fourth-order valence-corrected chi connectivity index (χ4v) is 3.71. The van der Waals surface area contributed by atoms with Crippen molar-refractivity contribution < 1.29 is 14.3 Å². The van der Waals surface area contributed by atoms with Crippen LogP contribution in [0.1, 0.15) is 33.3 Å². The molecule has 0 unspecified atom stereocenters. The Morgan fingerprint density at radius 2 is 1.88 bits per heavy atom. The van der Waals surface area contributed by atoms with Crippen molar-refractivity contribution in [2.75, 3.05) is 0 Å². The Bertz CT molecular complexity index is 851. The molecule has 0 radical (unpaired) electrons. The molecule has 24 heavy (non-hydrogen) atoms. The van der Waals surface area contributed by atoms with Crippen molar-refractivity contribution in [1.29, 1.82) is 0 Å². The molecule has 1 atom stereocenters. The highest BCUT2D eigenvalue weighted by Crippen LogP contribution is 2.28. The van der Waals surface area contributed by atoms with Gasteiger partial charge in [0.05, 0.1) is 4.88 Å². The monoisotopic (exact) mass is 357 g/mol. The number of rotatable bonds is 5. The molecule has 2 heterocycles. The topological polar surface area (TPSA) is 56.3 Å². The molecule has 4 nitrogen and oxygen atoms in total. The molecule has 0 fully saturated rings. The molecule has 0 amide bonds. The molecule has 122 valence electrons. The van der Waals surface area contributed by atoms with Crippen molar-refractivity contribution in [2.24, 2.45) is 0 Å². The van der Waals surface area contributed by atoms with E-state index in [2.05, 4.69) is 4.98 Å². The van der Waals surface area contributed by atoms with Gasteiger partial charge in [0.25, 0.3) is 0 Å². The summed E-state index contributed by atoms with van der Waals surface area (Å²) in [7, 11) is 0. The van der Waals surface area contributed by atoms with Crippen LogP contribution < -0.4 is 0 Å². The number of nitrogens with zero attached hydrogens (tertiary/aromatic N) is 1. The van der Waals surface area contributed by atoms with Gasteiger partial charge in [0.2, 0.25) is 5.78 Å². The summed E-state index contributed by atoms with van der Waals surface area (Å²) in [6, 6.07) is 11.1. The molecule has 1 aromatic carbocycles. The molecule has 0 saturated carbocycles. The first-order chi connectivity index (χ1) is 11.5. The van der Waals surface area contributed by atoms with Gasteiger partial charge in [-0.3, -0.25) is 4.79 Å². The van der Waals surface area contributed by atoms with E-state index in [4.69, 9.17) is 4.74 Å². The van der Waals surface area contributed by atoms with Crippen LogP contribution in [-0.2, 0) is 4.74 Å². The molecule has 0 aliphatic heterocycles. The third kappa shape index (κ3) is 3.60. The van der Waals surface area contributed by atoms with Gasteiger partial charge >= 0.3 is 5.97 Å². The first kappa shape index (κ1) is 16.5. The normalized spacial score (nSPS) is 11.9. The number of thiazole rings is 1. The van der Waals surface area contributed by atoms with Crippen LogP contribution in [-0.4, -0.2) is 22.8 Å². The highest BCUT2D eigenvalue weighted by molar-refractivity contribution is 7.20. The summed E-state index contributed by atoms with van der Waals surface area (Å²) in [5.74, 6) is -0.806. The van der Waals surface area contributed by atoms with E-state index in [0.29, 0.717) is 5.56 Å². The van der Waals surface area contributed by atoms with E-state index < -0.39 is 12.1 Å². The minimum atomic E-state index is -0.855. The molecule has 0 saturated heterocycles. The number of aromatic nitrogens is 1. The summed E-state index contributed by atoms with van der Waals surface area (Å²) in [4.78, 5) is 29.8. The SMILES string of the molecule is Cc1ccc(C(=O)[C@@H](C)OC(=O)c2csc(-c3cccs3)n2)cc1. The fraction of sp³-hybridized carbons (Fsp3) is 0.167. The second kappa shape index (κ2) is 7.07. The zero-order valence-electron chi connectivity index (χ0n) is 13.2. The van der Waals surface area contributed by atoms with Crippen molar-refractivity contribution >= 4 is 34.4 Å². The first-order valence-electron chi connectivity index (χ1n) is 7.36. The molecule has 0 aliphatic rings. The van der Waals surface area contributed by atoms with Crippen molar-refractivity contribution in [3.63, 3.8) is 0 Å². The molecule has 6 heteroatoms. The van der Waals surface area contributed by atoms with Crippen molar-refractivity contribution in [3.8, 4) is 9.88 Å². The summed E-state index contributed by atoms with van der Waals surface area (Å²) in [5, 5.41) is 4.38. The molecule has 3 rings (SSSR count). The molecule has 0 spiro atoms. The van der Waals surface area contributed by atoms with Crippen LogP contribution >= 0.6 is 22.7 Å². The number of aryl methyl sites for hydroxylation is 1. The van der Waals surface area contributed by atoms with Crippen molar-refractivity contribution in [3.05, 3.63) is 64.0 Å². The molecule has 0 bridgehead atoms. The Hall–Kier alpha value is -2.31. The maximum absolute atomic E-state index is 12.3. The van der Waals surface area contributed by atoms with Crippen LogP contribution in [0.2, 0.25) is 0 Å². The van der Waals surface area contributed by atoms with Gasteiger partial charge in [0.1, 0.15) is 5.01 Å². The maximum atomic E-state index is 12.3. The summed E-state index contributed by atoms with van der Waals surface area (Å²) >= 11 is 2.94. The van der Waals surface area contributed by atoms with Gasteiger partial charge in [-0.15, -0.1) is 22.7 Å². The van der Waals surface area contributed by atoms with Gasteiger partial charge < -0.3 is 4.74 Å². The highest BCUT2D eigenvalue weighted by atomic mass is 32.1. The third-order valence-corrected chi connectivity index (χ3v) is 5.32. The van der Waals surface area contributed by atoms with E-state index in [0.717, 1.165) is 15.4 Å². The summed E-state index contributed by atoms with van der Waals surface area (Å²) in [6.07, 6.45) is -0.855. The minimum Gasteiger partial charge on any atom is -0.450 e. The Morgan fingerprint density at radius 3 is 2.54 bits per heavy atom. The Balaban J connectivity index is 1.68. The molecular weight excluding hydrogens is 342 g/mol. The van der Waals surface area contributed by atoms with Gasteiger partial charge in [-0.1, -0.05) is 35.9 Å². The number of carbonyl (C=O) groups is 2. The number of benzene rings is 1. The second-order valence-electron chi connectivity index (χ2n) is 5.29. The average molecular weight is 357 g/mol. The van der Waals surface area contributed by atoms with Crippen molar-refractivity contribution in [1.82, 2.24) is 4.98 Å². The minimum absolute atomic E-state index is 0.225. The number of hydrogen-bond acceptors (Lipinski definition) is 6. The lowest BCUT2D eigenvalue weighted by molar-refractivity contribution is 0.0314. The number of Topliss-reactive ketones (excluding diaryl/α,β-unsaturated/α-hetero) is 1. The van der Waals surface area contributed by atoms with Gasteiger partial charge in [-0.25, -0.2) is 9.78 Å². The predicted octanol–water partition coefficient (Wildman–Crippen LogP) is 4.61. The van der Waals surface area contributed by atoms with E-state index in [1.807, 2.05) is 36.6 Å². The lowest BCUT2D eigenvalue weighted by Gasteiger charge is -2.11. The number of hydrogen-bond donors (Lipinski definition) is 0. The lowest BCUT2D eigenvalue weighted by atomic mass is 10.1. The molecular formula is C18H15NO3S2. The Labute approximate surface area is 147 Å². The van der Waals surface area contributed by atoms with E-state index >= 15 is 0 Å². The molecule has 2 aromatic heterocycles. The lowest BCUT2D eigenvalue weighted by Crippen LogP contribution is -2.24. The van der Waals surface area contributed by atoms with E-state index in [1.165, 1.54) is 11.3 Å². The van der Waals surface area contributed by atoms with Crippen LogP contribution in [0, 0.1) is 6.92 Å². The summed E-state index contributed by atoms with van der Waals surface area (Å²) < 4.78 is 5.27. The van der Waals surface area contributed by atoms with Crippen LogP contribution in [0.4, 0.5) is 0 Å². The highest BCUT2D eigenvalue weighted by Gasteiger charge is 2.22. The molecule has 0 N–H and O–H groups in total. The summed E-state index contributed by atoms with van der Waals surface area (Å²) in [5.41, 5.74) is 1.82. The largest absolute Gasteiger partial charge is 0.450 e. The quantitative estimate of drug-likeness (QED) is 0.494. The number of thiophene rings is 1. The summed E-state index contributed by atoms with van der Waals surface area (Å²) in [6.45, 7) is 3.53. The second-order valence-corrected chi connectivity index (χ2v) is 7.10. The number of ether oxygens (including phenoxy) is 1. The number of carbonyl (C=O) groups excluding carboxylic acids is 2. The number of ketones is 1. The van der Waals surface area contributed by atoms with Gasteiger partial charge in [-0.2, -0.15) is 0 Å². The Kier molecular flexibility index (Phi) is 4.87. The van der Waals surface area contributed by atoms with Gasteiger partial charge in [0, 0.05) is 10.9 Å². The van der Waals surface area contributed by atoms with E-state index in [1.54, 1.807) is 35.8 Å². The Morgan fingerprint density at radius 1 is 1.12 bits per heavy atom. The number of esters is 1. The van der Waals surface area contributed by atoms with Crippen LogP contribution in [0.15, 0.2) is 47.2 Å². The first-order valence-corrected chi connectivity index (χ1v) is 9.12. The fourth-order valence-electron chi connectivity index (χ4n) is 2.11. The van der Waals surface area contributed by atoms with Gasteiger partial charge in [-0.05, 0) is 25.3 Å². The van der Waals surface area contributed by atoms with E-state index in [-0.39, 0.29) is 11.5 Å². The zero-order valence-corrected chi connectivity index (χ0v) is 14.8. The predicted molar refractivity (Wildman–Crippen MR) is 95.8 cm³/mol.